The Morgan fingerprint density at radius 1 is 0.976 bits per heavy atom. The number of rotatable bonds is 8. The van der Waals surface area contributed by atoms with Crippen LogP contribution in [0.4, 0.5) is 11.5 Å². The van der Waals surface area contributed by atoms with Crippen molar-refractivity contribution in [1.82, 2.24) is 24.8 Å². The van der Waals surface area contributed by atoms with Crippen molar-refractivity contribution in [3.63, 3.8) is 0 Å². The first-order valence-corrected chi connectivity index (χ1v) is 15.2. The fourth-order valence-corrected chi connectivity index (χ4v) is 7.22. The molecule has 4 aromatic rings. The van der Waals surface area contributed by atoms with Crippen molar-refractivity contribution in [2.45, 2.75) is 70.5 Å². The van der Waals surface area contributed by atoms with Crippen LogP contribution in [0.15, 0.2) is 54.9 Å². The zero-order valence-corrected chi connectivity index (χ0v) is 24.1. The first-order chi connectivity index (χ1) is 20.1. The highest BCUT2D eigenvalue weighted by atomic mass is 16.5. The lowest BCUT2D eigenvalue weighted by Gasteiger charge is -2.33. The zero-order chi connectivity index (χ0) is 27.8. The summed E-state index contributed by atoms with van der Waals surface area (Å²) in [4.78, 5) is 24.1. The number of aryl methyl sites for hydroxylation is 1. The Labute approximate surface area is 242 Å². The van der Waals surface area contributed by atoms with Crippen molar-refractivity contribution in [1.29, 1.82) is 0 Å². The lowest BCUT2D eigenvalue weighted by atomic mass is 9.95. The van der Waals surface area contributed by atoms with E-state index in [0.717, 1.165) is 42.3 Å². The molecule has 1 unspecified atom stereocenters. The van der Waals surface area contributed by atoms with Gasteiger partial charge in [-0.1, -0.05) is 37.3 Å². The number of hydrogen-bond acceptors (Lipinski definition) is 8. The van der Waals surface area contributed by atoms with Gasteiger partial charge in [0.1, 0.15) is 18.2 Å². The summed E-state index contributed by atoms with van der Waals surface area (Å²) in [6, 6.07) is 15.5. The van der Waals surface area contributed by atoms with Gasteiger partial charge in [0.2, 0.25) is 0 Å². The lowest BCUT2D eigenvalue weighted by Crippen LogP contribution is -2.43. The van der Waals surface area contributed by atoms with Crippen molar-refractivity contribution < 1.29 is 4.74 Å². The number of nitrogens with zero attached hydrogens (tertiary/aromatic N) is 6. The van der Waals surface area contributed by atoms with E-state index < -0.39 is 0 Å². The Kier molecular flexibility index (Phi) is 6.95. The van der Waals surface area contributed by atoms with Crippen molar-refractivity contribution in [3.8, 4) is 6.01 Å². The summed E-state index contributed by atoms with van der Waals surface area (Å²) in [5.41, 5.74) is 4.99. The number of ether oxygens (including phenoxy) is 1. The molecular weight excluding hydrogens is 510 g/mol. The zero-order valence-electron chi connectivity index (χ0n) is 24.1. The molecule has 3 aliphatic heterocycles. The molecule has 8 heteroatoms. The number of fused-ring (bicyclic) bond motifs is 3. The lowest BCUT2D eigenvalue weighted by molar-refractivity contribution is 0.107. The number of anilines is 2. The van der Waals surface area contributed by atoms with E-state index >= 15 is 0 Å². The highest BCUT2D eigenvalue weighted by molar-refractivity contribution is 5.97. The summed E-state index contributed by atoms with van der Waals surface area (Å²) < 4.78 is 6.48. The molecule has 0 aliphatic carbocycles. The van der Waals surface area contributed by atoms with Crippen molar-refractivity contribution in [3.05, 3.63) is 77.5 Å². The van der Waals surface area contributed by atoms with Crippen molar-refractivity contribution in [2.24, 2.45) is 0 Å². The van der Waals surface area contributed by atoms with Crippen LogP contribution in [0.5, 0.6) is 6.01 Å². The van der Waals surface area contributed by atoms with Gasteiger partial charge in [-0.25, -0.2) is 9.97 Å². The van der Waals surface area contributed by atoms with E-state index in [2.05, 4.69) is 75.3 Å². The normalized spacial score (nSPS) is 18.7. The molecule has 0 saturated carbocycles. The molecular formula is C33H39N7O. The first-order valence-electron chi connectivity index (χ1n) is 15.2. The Morgan fingerprint density at radius 2 is 1.76 bits per heavy atom. The van der Waals surface area contributed by atoms with Gasteiger partial charge < -0.3 is 15.0 Å². The molecule has 41 heavy (non-hydrogen) atoms. The second kappa shape index (κ2) is 10.9. The fraction of sp³-hybridized carbons (Fsp3) is 0.455. The topological polar surface area (TPSA) is 79.3 Å². The van der Waals surface area contributed by atoms with E-state index in [0.29, 0.717) is 19.2 Å². The fourth-order valence-electron chi connectivity index (χ4n) is 7.22. The van der Waals surface area contributed by atoms with Gasteiger partial charge in [-0.3, -0.25) is 4.90 Å². The Hall–Kier alpha value is -3.78. The highest BCUT2D eigenvalue weighted by Crippen LogP contribution is 2.40. The summed E-state index contributed by atoms with van der Waals surface area (Å²) in [5, 5.41) is 6.25. The summed E-state index contributed by atoms with van der Waals surface area (Å²) in [7, 11) is 0. The largest absolute Gasteiger partial charge is 0.461 e. The SMILES string of the molecule is CCc1cccc2cccc(N3CCc4c(nc(OCC56CCCN5CCC6)nc4NC(C)c4ncccn4)C3)c12. The quantitative estimate of drug-likeness (QED) is 0.299. The van der Waals surface area contributed by atoms with Gasteiger partial charge in [0.05, 0.1) is 23.8 Å². The average molecular weight is 550 g/mol. The maximum atomic E-state index is 6.48. The minimum absolute atomic E-state index is 0.0926. The molecule has 0 radical (unpaired) electrons. The van der Waals surface area contributed by atoms with Crippen molar-refractivity contribution >= 4 is 22.3 Å². The van der Waals surface area contributed by atoms with Crippen LogP contribution in [0.3, 0.4) is 0 Å². The minimum atomic E-state index is -0.0926. The molecule has 2 aromatic carbocycles. The maximum Gasteiger partial charge on any atom is 0.318 e. The molecule has 2 saturated heterocycles. The van der Waals surface area contributed by atoms with Gasteiger partial charge in [0.15, 0.2) is 0 Å². The number of benzene rings is 2. The van der Waals surface area contributed by atoms with Gasteiger partial charge in [0.25, 0.3) is 0 Å². The summed E-state index contributed by atoms with van der Waals surface area (Å²) in [5.74, 6) is 1.58. The maximum absolute atomic E-state index is 6.48. The van der Waals surface area contributed by atoms with E-state index in [4.69, 9.17) is 14.7 Å². The minimum Gasteiger partial charge on any atom is -0.461 e. The molecule has 7 rings (SSSR count). The van der Waals surface area contributed by atoms with E-state index in [-0.39, 0.29) is 11.6 Å². The summed E-state index contributed by atoms with van der Waals surface area (Å²) in [6.45, 7) is 8.93. The van der Waals surface area contributed by atoms with Crippen LogP contribution in [-0.4, -0.2) is 56.6 Å². The predicted octanol–water partition coefficient (Wildman–Crippen LogP) is 5.73. The van der Waals surface area contributed by atoms with Gasteiger partial charge >= 0.3 is 6.01 Å². The molecule has 0 amide bonds. The second-order valence-corrected chi connectivity index (χ2v) is 11.8. The molecule has 3 aliphatic rings. The smallest absolute Gasteiger partial charge is 0.318 e. The van der Waals surface area contributed by atoms with Crippen LogP contribution in [0.2, 0.25) is 0 Å². The third-order valence-corrected chi connectivity index (χ3v) is 9.34. The van der Waals surface area contributed by atoms with Crippen LogP contribution in [-0.2, 0) is 19.4 Å². The second-order valence-electron chi connectivity index (χ2n) is 11.8. The molecule has 0 bridgehead atoms. The van der Waals surface area contributed by atoms with Gasteiger partial charge in [0, 0.05) is 35.6 Å². The molecule has 0 spiro atoms. The molecule has 2 fully saturated rings. The highest BCUT2D eigenvalue weighted by Gasteiger charge is 2.45. The van der Waals surface area contributed by atoms with E-state index in [1.807, 2.05) is 6.07 Å². The predicted molar refractivity (Wildman–Crippen MR) is 162 cm³/mol. The average Bonchev–Trinajstić information content (AvgIpc) is 3.60. The van der Waals surface area contributed by atoms with Gasteiger partial charge in [-0.2, -0.15) is 9.97 Å². The summed E-state index contributed by atoms with van der Waals surface area (Å²) >= 11 is 0. The number of nitrogens with one attached hydrogen (secondary N) is 1. The molecule has 1 N–H and O–H groups in total. The number of aromatic nitrogens is 4. The van der Waals surface area contributed by atoms with Crippen molar-refractivity contribution in [2.75, 3.05) is 36.5 Å². The third kappa shape index (κ3) is 4.88. The van der Waals surface area contributed by atoms with E-state index in [1.165, 1.54) is 60.8 Å². The molecule has 212 valence electrons. The first kappa shape index (κ1) is 26.1. The molecule has 5 heterocycles. The van der Waals surface area contributed by atoms with Crippen LogP contribution in [0, 0.1) is 0 Å². The third-order valence-electron chi connectivity index (χ3n) is 9.34. The Morgan fingerprint density at radius 3 is 2.54 bits per heavy atom. The molecule has 1 atom stereocenters. The van der Waals surface area contributed by atoms with E-state index in [9.17, 15) is 0 Å². The van der Waals surface area contributed by atoms with Crippen LogP contribution >= 0.6 is 0 Å². The summed E-state index contributed by atoms with van der Waals surface area (Å²) in [6.07, 6.45) is 10.3. The van der Waals surface area contributed by atoms with Crippen LogP contribution < -0.4 is 15.0 Å². The van der Waals surface area contributed by atoms with Crippen LogP contribution in [0.1, 0.15) is 68.2 Å². The van der Waals surface area contributed by atoms with Crippen LogP contribution in [0.25, 0.3) is 10.8 Å². The van der Waals surface area contributed by atoms with E-state index in [1.54, 1.807) is 12.4 Å². The molecule has 2 aromatic heterocycles. The standard InChI is InChI=1S/C33H39N7O/c1-3-24-9-4-10-25-11-5-12-28(29(24)25)39-20-13-26-27(21-39)37-32(41-22-33-14-6-18-40(33)19-7-15-33)38-31(26)36-23(2)30-34-16-8-17-35-30/h4-5,8-12,16-17,23H,3,6-7,13-15,18-22H2,1-2H3,(H,36,37,38). The van der Waals surface area contributed by atoms with Gasteiger partial charge in [-0.05, 0) is 81.6 Å². The molecule has 8 nitrogen and oxygen atoms in total. The van der Waals surface area contributed by atoms with Gasteiger partial charge in [-0.15, -0.1) is 0 Å². The number of hydrogen-bond donors (Lipinski definition) is 1. The Balaban J connectivity index is 1.22. The Bertz CT molecular complexity index is 1530. The monoisotopic (exact) mass is 549 g/mol.